The quantitative estimate of drug-likeness (QED) is 0.245. The lowest BCUT2D eigenvalue weighted by Crippen LogP contribution is -2.32. The van der Waals surface area contributed by atoms with Crippen LogP contribution in [0.4, 0.5) is 0 Å². The summed E-state index contributed by atoms with van der Waals surface area (Å²) >= 11 is 0. The number of hydrogen-bond donors (Lipinski definition) is 2. The van der Waals surface area contributed by atoms with Crippen LogP contribution in [-0.4, -0.2) is 70.0 Å². The molecule has 0 spiro atoms. The molecule has 0 saturated heterocycles. The van der Waals surface area contributed by atoms with E-state index in [1.165, 1.54) is 44.9 Å². The maximum Gasteiger partial charge on any atom is 0.269 e. The van der Waals surface area contributed by atoms with Crippen molar-refractivity contribution in [1.82, 2.24) is 10.2 Å². The Hall–Kier alpha value is -0.700. The number of aliphatic hydroxyl groups excluding tert-OH is 1. The minimum atomic E-state index is -3.75. The van der Waals surface area contributed by atoms with Crippen LogP contribution in [0, 0.1) is 0 Å². The summed E-state index contributed by atoms with van der Waals surface area (Å²) in [4.78, 5) is 13.5. The van der Waals surface area contributed by atoms with Crippen LogP contribution < -0.4 is 5.32 Å². The molecule has 1 amide bonds. The third kappa shape index (κ3) is 18.7. The lowest BCUT2D eigenvalue weighted by atomic mass is 10.1. The minimum Gasteiger partial charge on any atom is -0.391 e. The predicted molar refractivity (Wildman–Crippen MR) is 114 cm³/mol. The van der Waals surface area contributed by atoms with Crippen molar-refractivity contribution in [2.24, 2.45) is 0 Å². The molecule has 0 heterocycles. The Morgan fingerprint density at radius 1 is 1.00 bits per heavy atom. The summed E-state index contributed by atoms with van der Waals surface area (Å²) < 4.78 is 28.3. The van der Waals surface area contributed by atoms with E-state index < -0.39 is 22.0 Å². The minimum absolute atomic E-state index is 0.00667. The van der Waals surface area contributed by atoms with E-state index in [0.717, 1.165) is 12.8 Å². The number of nitrogens with one attached hydrogen (secondary N) is 1. The molecule has 0 aromatic rings. The van der Waals surface area contributed by atoms with E-state index in [1.54, 1.807) is 19.0 Å². The zero-order chi connectivity index (χ0) is 21.3. The smallest absolute Gasteiger partial charge is 0.269 e. The van der Waals surface area contributed by atoms with Crippen molar-refractivity contribution >= 4 is 16.0 Å². The van der Waals surface area contributed by atoms with Crippen LogP contribution in [0.2, 0.25) is 0 Å². The van der Waals surface area contributed by atoms with E-state index in [-0.39, 0.29) is 19.1 Å². The molecule has 0 saturated carbocycles. The van der Waals surface area contributed by atoms with Gasteiger partial charge in [0.2, 0.25) is 5.91 Å². The molecule has 1 unspecified atom stereocenters. The molecule has 2 N–H and O–H groups in total. The molecule has 0 aliphatic heterocycles. The lowest BCUT2D eigenvalue weighted by Gasteiger charge is -2.15. The Morgan fingerprint density at radius 3 is 2.14 bits per heavy atom. The van der Waals surface area contributed by atoms with Crippen LogP contribution in [-0.2, 0) is 19.1 Å². The lowest BCUT2D eigenvalue weighted by molar-refractivity contribution is -0.121. The van der Waals surface area contributed by atoms with Crippen LogP contribution in [0.1, 0.15) is 77.6 Å². The summed E-state index contributed by atoms with van der Waals surface area (Å²) in [6.07, 6.45) is 10.9. The first-order valence-corrected chi connectivity index (χ1v) is 12.3. The van der Waals surface area contributed by atoms with Crippen molar-refractivity contribution in [2.45, 2.75) is 83.7 Å². The highest BCUT2D eigenvalue weighted by molar-refractivity contribution is 7.86. The van der Waals surface area contributed by atoms with Crippen molar-refractivity contribution in [3.05, 3.63) is 0 Å². The van der Waals surface area contributed by atoms with E-state index in [2.05, 4.69) is 12.2 Å². The monoisotopic (exact) mass is 422 g/mol. The number of nitrogens with zero attached hydrogens (tertiary/aromatic N) is 1. The third-order valence-corrected chi connectivity index (χ3v) is 5.70. The Bertz CT molecular complexity index is 483. The Kier molecular flexibility index (Phi) is 16.8. The number of carbonyl (C=O) groups excluding carboxylic acids is 1. The molecule has 168 valence electrons. The van der Waals surface area contributed by atoms with Crippen molar-refractivity contribution in [3.8, 4) is 0 Å². The van der Waals surface area contributed by atoms with E-state index in [0.29, 0.717) is 19.4 Å². The SMILES string of the molecule is CCCCCCCCCCCC(=O)NCCCOS(=O)(=O)CC(O)CN(C)C. The largest absolute Gasteiger partial charge is 0.391 e. The molecule has 0 aliphatic carbocycles. The molecule has 7 nitrogen and oxygen atoms in total. The summed E-state index contributed by atoms with van der Waals surface area (Å²) in [5.74, 6) is -0.414. The molecule has 0 radical (unpaired) electrons. The fraction of sp³-hybridized carbons (Fsp3) is 0.950. The molecule has 8 heteroatoms. The van der Waals surface area contributed by atoms with Crippen molar-refractivity contribution in [2.75, 3.05) is 39.5 Å². The molecule has 0 aliphatic rings. The molecule has 0 fully saturated rings. The van der Waals surface area contributed by atoms with Gasteiger partial charge in [-0.3, -0.25) is 8.98 Å². The van der Waals surface area contributed by atoms with Gasteiger partial charge >= 0.3 is 0 Å². The highest BCUT2D eigenvalue weighted by Gasteiger charge is 2.18. The maximum absolute atomic E-state index is 11.8. The van der Waals surface area contributed by atoms with Crippen molar-refractivity contribution in [3.63, 3.8) is 0 Å². The second-order valence-corrected chi connectivity index (χ2v) is 9.43. The standard InChI is InChI=1S/C20H42N2O5S/c1-4-5-6-7-8-9-10-11-12-14-20(24)21-15-13-16-27-28(25,26)18-19(23)17-22(2)3/h19,23H,4-18H2,1-3H3,(H,21,24). The van der Waals surface area contributed by atoms with Gasteiger partial charge < -0.3 is 15.3 Å². The number of likely N-dealkylation sites (N-methyl/N-ethyl adjacent to an activating group) is 1. The van der Waals surface area contributed by atoms with Gasteiger partial charge in [0.25, 0.3) is 10.1 Å². The number of aliphatic hydroxyl groups is 1. The highest BCUT2D eigenvalue weighted by atomic mass is 32.2. The zero-order valence-corrected chi connectivity index (χ0v) is 18.9. The molecule has 0 bridgehead atoms. The van der Waals surface area contributed by atoms with Gasteiger partial charge in [0.1, 0.15) is 5.75 Å². The van der Waals surface area contributed by atoms with Crippen LogP contribution >= 0.6 is 0 Å². The van der Waals surface area contributed by atoms with Gasteiger partial charge in [0, 0.05) is 19.5 Å². The maximum atomic E-state index is 11.8. The van der Waals surface area contributed by atoms with Crippen LogP contribution in [0.25, 0.3) is 0 Å². The van der Waals surface area contributed by atoms with Crippen molar-refractivity contribution < 1.29 is 22.5 Å². The number of amides is 1. The molecular weight excluding hydrogens is 380 g/mol. The first-order chi connectivity index (χ1) is 13.3. The summed E-state index contributed by atoms with van der Waals surface area (Å²) in [6.45, 7) is 2.89. The van der Waals surface area contributed by atoms with Gasteiger partial charge in [0.05, 0.1) is 12.7 Å². The van der Waals surface area contributed by atoms with Gasteiger partial charge in [-0.05, 0) is 26.9 Å². The Morgan fingerprint density at radius 2 is 1.57 bits per heavy atom. The summed E-state index contributed by atoms with van der Waals surface area (Å²) in [5.41, 5.74) is 0. The molecular formula is C20H42N2O5S. The van der Waals surface area contributed by atoms with E-state index in [9.17, 15) is 18.3 Å². The Labute approximate surface area is 172 Å². The summed E-state index contributed by atoms with van der Waals surface area (Å²) in [6, 6.07) is 0. The molecule has 0 aromatic heterocycles. The molecule has 1 atom stereocenters. The van der Waals surface area contributed by atoms with Gasteiger partial charge in [-0.25, -0.2) is 0 Å². The normalized spacial score (nSPS) is 13.0. The van der Waals surface area contributed by atoms with E-state index in [4.69, 9.17) is 4.18 Å². The van der Waals surface area contributed by atoms with Gasteiger partial charge in [-0.2, -0.15) is 8.42 Å². The third-order valence-electron chi connectivity index (χ3n) is 4.39. The average Bonchev–Trinajstić information content (AvgIpc) is 2.58. The van der Waals surface area contributed by atoms with Crippen LogP contribution in [0.3, 0.4) is 0 Å². The molecule has 28 heavy (non-hydrogen) atoms. The highest BCUT2D eigenvalue weighted by Crippen LogP contribution is 2.10. The first-order valence-electron chi connectivity index (χ1n) is 10.7. The number of rotatable bonds is 19. The van der Waals surface area contributed by atoms with Gasteiger partial charge in [0.15, 0.2) is 0 Å². The zero-order valence-electron chi connectivity index (χ0n) is 18.1. The van der Waals surface area contributed by atoms with E-state index in [1.807, 2.05) is 0 Å². The first kappa shape index (κ1) is 27.3. The van der Waals surface area contributed by atoms with E-state index >= 15 is 0 Å². The van der Waals surface area contributed by atoms with Gasteiger partial charge in [-0.1, -0.05) is 58.3 Å². The fourth-order valence-electron chi connectivity index (χ4n) is 2.93. The average molecular weight is 423 g/mol. The number of unbranched alkanes of at least 4 members (excludes halogenated alkanes) is 8. The van der Waals surface area contributed by atoms with Crippen LogP contribution in [0.15, 0.2) is 0 Å². The summed E-state index contributed by atoms with van der Waals surface area (Å²) in [5, 5.41) is 12.4. The number of carbonyl (C=O) groups is 1. The second-order valence-electron chi connectivity index (χ2n) is 7.74. The number of hydrogen-bond acceptors (Lipinski definition) is 6. The van der Waals surface area contributed by atoms with Crippen LogP contribution in [0.5, 0.6) is 0 Å². The fourth-order valence-corrected chi connectivity index (χ4v) is 3.97. The second kappa shape index (κ2) is 17.2. The van der Waals surface area contributed by atoms with Crippen molar-refractivity contribution in [1.29, 1.82) is 0 Å². The molecule has 0 rings (SSSR count). The topological polar surface area (TPSA) is 95.9 Å². The molecule has 0 aromatic carbocycles. The van der Waals surface area contributed by atoms with Gasteiger partial charge in [-0.15, -0.1) is 0 Å². The predicted octanol–water partition coefficient (Wildman–Crippen LogP) is 2.68. The summed E-state index contributed by atoms with van der Waals surface area (Å²) in [7, 11) is -0.231. The Balaban J connectivity index is 3.56.